The summed E-state index contributed by atoms with van der Waals surface area (Å²) in [5.74, 6) is -0.0176. The average molecular weight is 631 g/mol. The highest BCUT2D eigenvalue weighted by molar-refractivity contribution is 5.96. The number of quaternary nitrogens is 2. The van der Waals surface area contributed by atoms with Crippen LogP contribution < -0.4 is 10.6 Å². The summed E-state index contributed by atoms with van der Waals surface area (Å²) in [4.78, 5) is 28.2. The van der Waals surface area contributed by atoms with Gasteiger partial charge in [0.2, 0.25) is 0 Å². The fourth-order valence-corrected chi connectivity index (χ4v) is 9.91. The molecule has 2 saturated carbocycles. The first-order valence-electron chi connectivity index (χ1n) is 18.2. The Hall–Kier alpha value is -2.78. The summed E-state index contributed by atoms with van der Waals surface area (Å²) < 4.78 is -1.25. The van der Waals surface area contributed by atoms with E-state index in [1.807, 2.05) is 36.4 Å². The van der Waals surface area contributed by atoms with E-state index >= 15 is 10.4 Å². The van der Waals surface area contributed by atoms with E-state index in [4.69, 9.17) is 0 Å². The molecule has 2 aliphatic heterocycles. The van der Waals surface area contributed by atoms with Crippen molar-refractivity contribution in [2.24, 2.45) is 11.8 Å². The highest BCUT2D eigenvalue weighted by Crippen LogP contribution is 2.49. The summed E-state index contributed by atoms with van der Waals surface area (Å²) in [6.45, 7) is 8.49. The predicted molar refractivity (Wildman–Crippen MR) is 184 cm³/mol. The second-order valence-corrected chi connectivity index (χ2v) is 14.5. The number of para-hydroxylation sites is 2. The van der Waals surface area contributed by atoms with Gasteiger partial charge in [0.05, 0.1) is 12.1 Å². The number of nitrogens with one attached hydrogen (secondary N) is 2. The second kappa shape index (κ2) is 13.4. The Kier molecular flexibility index (Phi) is 9.64. The van der Waals surface area contributed by atoms with Crippen LogP contribution >= 0.6 is 0 Å². The Morgan fingerprint density at radius 2 is 0.978 bits per heavy atom. The largest absolute Gasteiger partial charge is 0.632 e. The predicted octanol–water partition coefficient (Wildman–Crippen LogP) is 7.02. The van der Waals surface area contributed by atoms with Gasteiger partial charge >= 0.3 is 0 Å². The molecule has 8 heteroatoms. The van der Waals surface area contributed by atoms with Crippen molar-refractivity contribution in [1.29, 1.82) is 0 Å². The maximum atomic E-state index is 15.1. The van der Waals surface area contributed by atoms with Gasteiger partial charge in [-0.25, -0.2) is 0 Å². The highest BCUT2D eigenvalue weighted by atomic mass is 16.6. The lowest BCUT2D eigenvalue weighted by Gasteiger charge is -2.53. The smallest absolute Gasteiger partial charge is 0.283 e. The molecule has 0 aromatic heterocycles. The van der Waals surface area contributed by atoms with Crippen molar-refractivity contribution in [3.63, 3.8) is 0 Å². The lowest BCUT2D eigenvalue weighted by Crippen LogP contribution is -2.64. The van der Waals surface area contributed by atoms with Crippen LogP contribution in [0, 0.1) is 22.3 Å². The van der Waals surface area contributed by atoms with Gasteiger partial charge in [0.1, 0.15) is 13.1 Å². The number of fused-ring (bicyclic) bond motifs is 2. The number of hydrogen-bond donors (Lipinski definition) is 2. The Labute approximate surface area is 275 Å². The molecule has 4 aliphatic rings. The molecule has 0 bridgehead atoms. The normalized spacial score (nSPS) is 33.2. The minimum absolute atomic E-state index is 0.0809. The molecule has 2 amide bonds. The van der Waals surface area contributed by atoms with E-state index < -0.39 is 21.4 Å². The number of anilines is 2. The van der Waals surface area contributed by atoms with Gasteiger partial charge in [-0.05, 0) is 73.6 Å². The number of hydrogen-bond acceptors (Lipinski definition) is 4. The number of likely N-dealkylation sites (tertiary alicyclic amines) is 2. The maximum Gasteiger partial charge on any atom is 0.283 e. The Morgan fingerprint density at radius 3 is 1.30 bits per heavy atom. The van der Waals surface area contributed by atoms with Gasteiger partial charge in [0.25, 0.3) is 11.8 Å². The molecule has 46 heavy (non-hydrogen) atoms. The fraction of sp³-hybridized carbons (Fsp3) is 0.632. The third kappa shape index (κ3) is 5.69. The molecule has 250 valence electrons. The lowest BCUT2D eigenvalue weighted by molar-refractivity contribution is -0.961. The second-order valence-electron chi connectivity index (χ2n) is 14.5. The lowest BCUT2D eigenvalue weighted by atomic mass is 10.0. The van der Waals surface area contributed by atoms with E-state index in [0.717, 1.165) is 97.8 Å². The summed E-state index contributed by atoms with van der Waals surface area (Å²) in [7, 11) is 0. The summed E-state index contributed by atoms with van der Waals surface area (Å²) in [6, 6.07) is 10.4. The first-order valence-corrected chi connectivity index (χ1v) is 18.2. The number of amides is 2. The van der Waals surface area contributed by atoms with Crippen molar-refractivity contribution in [2.75, 3.05) is 23.7 Å². The Morgan fingerprint density at radius 1 is 0.630 bits per heavy atom. The zero-order valence-electron chi connectivity index (χ0n) is 28.4. The third-order valence-corrected chi connectivity index (χ3v) is 12.4. The molecule has 2 heterocycles. The van der Waals surface area contributed by atoms with Gasteiger partial charge in [-0.2, -0.15) is 0 Å². The molecule has 2 aromatic carbocycles. The van der Waals surface area contributed by atoms with Crippen LogP contribution in [0.25, 0.3) is 0 Å². The summed E-state index contributed by atoms with van der Waals surface area (Å²) in [5, 5.41) is 36.7. The minimum Gasteiger partial charge on any atom is -0.632 e. The molecule has 2 N–H and O–H groups in total. The molecule has 0 spiro atoms. The molecular weight excluding hydrogens is 576 g/mol. The van der Waals surface area contributed by atoms with E-state index in [1.165, 1.54) is 0 Å². The summed E-state index contributed by atoms with van der Waals surface area (Å²) in [6.07, 6.45) is 9.82. The van der Waals surface area contributed by atoms with Gasteiger partial charge < -0.3 is 30.3 Å². The molecular formula is C38H54N4O4. The van der Waals surface area contributed by atoms with E-state index in [2.05, 4.69) is 38.3 Å². The quantitative estimate of drug-likeness (QED) is 0.206. The Bertz CT molecular complexity index is 1290. The van der Waals surface area contributed by atoms with Crippen molar-refractivity contribution in [1.82, 2.24) is 0 Å². The van der Waals surface area contributed by atoms with Crippen molar-refractivity contribution < 1.29 is 18.9 Å². The summed E-state index contributed by atoms with van der Waals surface area (Å²) >= 11 is 0. The minimum atomic E-state index is -0.741. The number of benzene rings is 2. The summed E-state index contributed by atoms with van der Waals surface area (Å²) in [5.41, 5.74) is 6.00. The topological polar surface area (TPSA) is 104 Å². The fourth-order valence-electron chi connectivity index (χ4n) is 9.91. The van der Waals surface area contributed by atoms with Crippen molar-refractivity contribution >= 4 is 23.2 Å². The monoisotopic (exact) mass is 630 g/mol. The molecule has 4 unspecified atom stereocenters. The van der Waals surface area contributed by atoms with Gasteiger partial charge in [-0.15, -0.1) is 0 Å². The van der Waals surface area contributed by atoms with Crippen LogP contribution in [0.3, 0.4) is 0 Å². The van der Waals surface area contributed by atoms with Gasteiger partial charge in [0.15, 0.2) is 12.1 Å². The van der Waals surface area contributed by atoms with Crippen LogP contribution in [0.1, 0.15) is 101 Å². The number of carbonyl (C=O) groups is 2. The van der Waals surface area contributed by atoms with Crippen molar-refractivity contribution in [3.8, 4) is 0 Å². The average Bonchev–Trinajstić information content (AvgIpc) is 3.84. The van der Waals surface area contributed by atoms with Gasteiger partial charge in [-0.3, -0.25) is 9.59 Å². The Balaban J connectivity index is 1.26. The van der Waals surface area contributed by atoms with Crippen LogP contribution in [0.5, 0.6) is 0 Å². The number of carbonyl (C=O) groups excluding carboxylic acids is 2. The van der Waals surface area contributed by atoms with E-state index in [-0.39, 0.29) is 48.8 Å². The molecule has 4 fully saturated rings. The molecule has 2 aromatic rings. The zero-order valence-corrected chi connectivity index (χ0v) is 28.4. The van der Waals surface area contributed by atoms with Gasteiger partial charge in [0, 0.05) is 48.9 Å². The van der Waals surface area contributed by atoms with Crippen LogP contribution in [0.2, 0.25) is 0 Å². The van der Waals surface area contributed by atoms with E-state index in [9.17, 15) is 9.59 Å². The molecule has 2 aliphatic carbocycles. The first kappa shape index (κ1) is 33.1. The van der Waals surface area contributed by atoms with Gasteiger partial charge in [-0.1, -0.05) is 64.1 Å². The number of nitrogens with zero attached hydrogens (tertiary/aromatic N) is 2. The van der Waals surface area contributed by atoms with Crippen molar-refractivity contribution in [2.45, 2.75) is 129 Å². The standard InChI is InChI=1S/C38H54N4O4/c1-5-25-13-9-14-26(6-2)35(25)39-37(43)33-23-29-17-11-19-31(29)41(33,45)21-22-42(46)32-20-12-18-30(32)24-34(42)38(44)40-36-27(7-3)15-10-16-28(36)8-4/h9-10,13-16,29-34H,5-8,11-12,17-24H2,1-4H3,(H,39,43)(H,40,44)/t29-,30-,31-,32-,33?,34?,41?,42?/m0/s1. The van der Waals surface area contributed by atoms with Crippen LogP contribution in [-0.2, 0) is 35.3 Å². The van der Waals surface area contributed by atoms with E-state index in [1.54, 1.807) is 0 Å². The van der Waals surface area contributed by atoms with Crippen LogP contribution in [0.4, 0.5) is 11.4 Å². The first-order chi connectivity index (χ1) is 22.2. The number of hydroxylamine groups is 6. The van der Waals surface area contributed by atoms with Crippen molar-refractivity contribution in [3.05, 3.63) is 69.1 Å². The molecule has 8 atom stereocenters. The SMILES string of the molecule is CCc1cccc(CC)c1NC(=O)C1C[C@@H]2CCC[C@@H]2[N+]1([O-])CC[N+]1([O-])C(C(=O)Nc2c(CC)cccc2CC)C[C@@H]2CCC[C@@H]21. The number of rotatable bonds is 11. The molecule has 2 saturated heterocycles. The molecule has 0 radical (unpaired) electrons. The third-order valence-electron chi connectivity index (χ3n) is 12.4. The number of aryl methyl sites for hydroxylation is 4. The zero-order chi connectivity index (χ0) is 32.6. The van der Waals surface area contributed by atoms with Crippen LogP contribution in [-0.4, -0.2) is 58.4 Å². The maximum absolute atomic E-state index is 15.1. The molecule has 8 nitrogen and oxygen atoms in total. The van der Waals surface area contributed by atoms with E-state index in [0.29, 0.717) is 12.8 Å². The molecule has 6 rings (SSSR count). The highest BCUT2D eigenvalue weighted by Gasteiger charge is 2.58. The van der Waals surface area contributed by atoms with Crippen LogP contribution in [0.15, 0.2) is 36.4 Å².